The van der Waals surface area contributed by atoms with Gasteiger partial charge in [-0.15, -0.1) is 0 Å². The molecular weight excluding hydrogens is 316 g/mol. The number of phenolic OH excluding ortho intramolecular Hbond substituents is 1. The van der Waals surface area contributed by atoms with E-state index < -0.39 is 0 Å². The van der Waals surface area contributed by atoms with Gasteiger partial charge in [0.05, 0.1) is 5.39 Å². The zero-order chi connectivity index (χ0) is 17.4. The first-order valence-corrected chi connectivity index (χ1v) is 8.46. The van der Waals surface area contributed by atoms with E-state index in [1.807, 2.05) is 24.3 Å². The molecule has 1 unspecified atom stereocenters. The summed E-state index contributed by atoms with van der Waals surface area (Å²) in [6.07, 6.45) is 0. The second kappa shape index (κ2) is 6.26. The van der Waals surface area contributed by atoms with Crippen molar-refractivity contribution in [1.82, 2.24) is 5.32 Å². The lowest BCUT2D eigenvalue weighted by molar-refractivity contribution is 0.474. The van der Waals surface area contributed by atoms with Crippen LogP contribution in [0.1, 0.15) is 6.92 Å². The molecule has 0 saturated carbocycles. The van der Waals surface area contributed by atoms with Gasteiger partial charge in [-0.25, -0.2) is 4.79 Å². The summed E-state index contributed by atoms with van der Waals surface area (Å²) in [7, 11) is 0. The van der Waals surface area contributed by atoms with E-state index in [4.69, 9.17) is 4.42 Å². The first-order valence-electron chi connectivity index (χ1n) is 8.46. The smallest absolute Gasteiger partial charge is 0.344 e. The topological polar surface area (TPSA) is 65.7 Å². The van der Waals surface area contributed by atoms with Crippen LogP contribution in [0, 0.1) is 0 Å². The lowest BCUT2D eigenvalue weighted by atomic mass is 10.1. The summed E-state index contributed by atoms with van der Waals surface area (Å²) in [6.45, 7) is 4.92. The molecule has 128 valence electrons. The molecule has 5 nitrogen and oxygen atoms in total. The van der Waals surface area contributed by atoms with Crippen LogP contribution >= 0.6 is 0 Å². The number of aromatic hydroxyl groups is 1. The number of fused-ring (bicyclic) bond motifs is 1. The van der Waals surface area contributed by atoms with Gasteiger partial charge < -0.3 is 19.7 Å². The summed E-state index contributed by atoms with van der Waals surface area (Å²) in [5, 5.41) is 14.5. The molecule has 2 N–H and O–H groups in total. The Morgan fingerprint density at radius 1 is 1.20 bits per heavy atom. The van der Waals surface area contributed by atoms with E-state index in [9.17, 15) is 9.90 Å². The number of nitrogens with one attached hydrogen (secondary N) is 1. The van der Waals surface area contributed by atoms with E-state index in [-0.39, 0.29) is 11.4 Å². The largest absolute Gasteiger partial charge is 0.508 e. The Labute approximate surface area is 145 Å². The normalized spacial score (nSPS) is 17.8. The lowest BCUT2D eigenvalue weighted by Gasteiger charge is -2.33. The van der Waals surface area contributed by atoms with Crippen molar-refractivity contribution in [3.8, 4) is 17.1 Å². The summed E-state index contributed by atoms with van der Waals surface area (Å²) in [5.74, 6) is 0.598. The molecular formula is C20H20N2O3. The minimum absolute atomic E-state index is 0.142. The van der Waals surface area contributed by atoms with Crippen molar-refractivity contribution in [3.63, 3.8) is 0 Å². The average molecular weight is 336 g/mol. The third-order valence-electron chi connectivity index (χ3n) is 4.61. The lowest BCUT2D eigenvalue weighted by Crippen LogP contribution is -2.49. The van der Waals surface area contributed by atoms with Gasteiger partial charge >= 0.3 is 5.63 Å². The van der Waals surface area contributed by atoms with Crippen LogP contribution in [0.15, 0.2) is 57.7 Å². The second-order valence-corrected chi connectivity index (χ2v) is 6.52. The zero-order valence-corrected chi connectivity index (χ0v) is 14.0. The monoisotopic (exact) mass is 336 g/mol. The molecule has 0 amide bonds. The van der Waals surface area contributed by atoms with Gasteiger partial charge in [-0.2, -0.15) is 0 Å². The molecule has 1 aliphatic rings. The molecule has 0 bridgehead atoms. The molecule has 2 aromatic carbocycles. The maximum absolute atomic E-state index is 12.5. The van der Waals surface area contributed by atoms with Crippen LogP contribution in [0.25, 0.3) is 22.1 Å². The molecule has 1 aromatic heterocycles. The number of hydrogen-bond donors (Lipinski definition) is 2. The van der Waals surface area contributed by atoms with Gasteiger partial charge in [0, 0.05) is 36.9 Å². The van der Waals surface area contributed by atoms with Gasteiger partial charge in [-0.05, 0) is 42.6 Å². The number of piperazine rings is 1. The van der Waals surface area contributed by atoms with E-state index in [2.05, 4.69) is 17.1 Å². The Bertz CT molecular complexity index is 980. The zero-order valence-electron chi connectivity index (χ0n) is 14.0. The SMILES string of the molecule is CC1CN(c2ccc3cc(-c4cccc(O)c4)oc(=O)c3c2)CCN1. The molecule has 4 rings (SSSR count). The summed E-state index contributed by atoms with van der Waals surface area (Å²) in [5.41, 5.74) is 1.36. The number of nitrogens with zero attached hydrogens (tertiary/aromatic N) is 1. The fraction of sp³-hybridized carbons (Fsp3) is 0.250. The Balaban J connectivity index is 1.76. The van der Waals surface area contributed by atoms with Crippen LogP contribution in [-0.2, 0) is 0 Å². The van der Waals surface area contributed by atoms with Crippen molar-refractivity contribution in [3.05, 3.63) is 59.0 Å². The summed E-state index contributed by atoms with van der Waals surface area (Å²) in [4.78, 5) is 14.8. The minimum Gasteiger partial charge on any atom is -0.508 e. The first-order chi connectivity index (χ1) is 12.1. The molecule has 1 fully saturated rings. The van der Waals surface area contributed by atoms with Crippen LogP contribution in [0.2, 0.25) is 0 Å². The Hall–Kier alpha value is -2.79. The Kier molecular flexibility index (Phi) is 3.93. The van der Waals surface area contributed by atoms with Crippen LogP contribution in [0.3, 0.4) is 0 Å². The van der Waals surface area contributed by atoms with E-state index in [0.29, 0.717) is 22.8 Å². The van der Waals surface area contributed by atoms with Gasteiger partial charge in [0.25, 0.3) is 0 Å². The van der Waals surface area contributed by atoms with Gasteiger partial charge in [-0.1, -0.05) is 18.2 Å². The highest BCUT2D eigenvalue weighted by atomic mass is 16.4. The van der Waals surface area contributed by atoms with Crippen LogP contribution < -0.4 is 15.8 Å². The van der Waals surface area contributed by atoms with Crippen molar-refractivity contribution >= 4 is 16.5 Å². The highest BCUT2D eigenvalue weighted by Crippen LogP contribution is 2.27. The number of hydrogen-bond acceptors (Lipinski definition) is 5. The van der Waals surface area contributed by atoms with Gasteiger partial charge in [0.1, 0.15) is 11.5 Å². The van der Waals surface area contributed by atoms with Crippen molar-refractivity contribution in [2.45, 2.75) is 13.0 Å². The predicted molar refractivity (Wildman–Crippen MR) is 99.3 cm³/mol. The molecule has 0 spiro atoms. The first kappa shape index (κ1) is 15.7. The molecule has 2 heterocycles. The third kappa shape index (κ3) is 3.10. The molecule has 0 aliphatic carbocycles. The predicted octanol–water partition coefficient (Wildman–Crippen LogP) is 2.96. The average Bonchev–Trinajstić information content (AvgIpc) is 2.61. The maximum atomic E-state index is 12.5. The highest BCUT2D eigenvalue weighted by molar-refractivity contribution is 5.87. The molecule has 1 saturated heterocycles. The van der Waals surface area contributed by atoms with Crippen LogP contribution in [0.4, 0.5) is 5.69 Å². The van der Waals surface area contributed by atoms with E-state index in [1.54, 1.807) is 24.3 Å². The van der Waals surface area contributed by atoms with E-state index in [0.717, 1.165) is 30.7 Å². The molecule has 1 aliphatic heterocycles. The number of benzene rings is 2. The highest BCUT2D eigenvalue weighted by Gasteiger charge is 2.17. The van der Waals surface area contributed by atoms with Crippen LogP contribution in [-0.4, -0.2) is 30.8 Å². The van der Waals surface area contributed by atoms with E-state index in [1.165, 1.54) is 0 Å². The number of anilines is 1. The Morgan fingerprint density at radius 3 is 2.88 bits per heavy atom. The van der Waals surface area contributed by atoms with Gasteiger partial charge in [0.2, 0.25) is 0 Å². The van der Waals surface area contributed by atoms with Crippen LogP contribution in [0.5, 0.6) is 5.75 Å². The van der Waals surface area contributed by atoms with Gasteiger partial charge in [-0.3, -0.25) is 0 Å². The quantitative estimate of drug-likeness (QED) is 0.753. The summed E-state index contributed by atoms with van der Waals surface area (Å²) < 4.78 is 5.50. The number of phenols is 1. The standard InChI is InChI=1S/C20H20N2O3/c1-13-12-22(8-7-21-13)16-6-5-14-10-19(25-20(24)18(14)11-16)15-3-2-4-17(23)9-15/h2-6,9-11,13,21,23H,7-8,12H2,1H3. The molecule has 3 aromatic rings. The summed E-state index contributed by atoms with van der Waals surface area (Å²) in [6, 6.07) is 14.9. The maximum Gasteiger partial charge on any atom is 0.344 e. The fourth-order valence-electron chi connectivity index (χ4n) is 3.34. The molecule has 1 atom stereocenters. The Morgan fingerprint density at radius 2 is 2.08 bits per heavy atom. The molecule has 0 radical (unpaired) electrons. The van der Waals surface area contributed by atoms with Crippen molar-refractivity contribution in [2.75, 3.05) is 24.5 Å². The number of rotatable bonds is 2. The minimum atomic E-state index is -0.360. The van der Waals surface area contributed by atoms with E-state index >= 15 is 0 Å². The van der Waals surface area contributed by atoms with Crippen molar-refractivity contribution in [2.24, 2.45) is 0 Å². The summed E-state index contributed by atoms with van der Waals surface area (Å²) >= 11 is 0. The fourth-order valence-corrected chi connectivity index (χ4v) is 3.34. The third-order valence-corrected chi connectivity index (χ3v) is 4.61. The molecule has 5 heteroatoms. The molecule has 25 heavy (non-hydrogen) atoms. The van der Waals surface area contributed by atoms with Gasteiger partial charge in [0.15, 0.2) is 0 Å². The second-order valence-electron chi connectivity index (χ2n) is 6.52. The van der Waals surface area contributed by atoms with Crippen molar-refractivity contribution < 1.29 is 9.52 Å². The van der Waals surface area contributed by atoms with Crippen molar-refractivity contribution in [1.29, 1.82) is 0 Å².